The first-order valence-electron chi connectivity index (χ1n) is 15.0. The highest BCUT2D eigenvalue weighted by molar-refractivity contribution is 8.32. The van der Waals surface area contributed by atoms with Crippen molar-refractivity contribution >= 4 is 43.6 Å². The molecule has 2 N–H and O–H groups in total. The maximum absolute atomic E-state index is 13.6. The summed E-state index contributed by atoms with van der Waals surface area (Å²) < 4.78 is 19.3. The molecule has 1 fully saturated rings. The normalized spacial score (nSPS) is 18.1. The average Bonchev–Trinajstić information content (AvgIpc) is 3.36. The molecule has 2 aromatic carbocycles. The fraction of sp³-hybridized carbons (Fsp3) is 0.471. The Morgan fingerprint density at radius 2 is 1.72 bits per heavy atom. The number of ether oxygens (including phenoxy) is 2. The zero-order chi connectivity index (χ0) is 30.8. The highest BCUT2D eigenvalue weighted by Crippen LogP contribution is 2.35. The number of furan rings is 1. The second kappa shape index (κ2) is 12.7. The molecule has 9 heteroatoms. The van der Waals surface area contributed by atoms with Crippen LogP contribution in [0.4, 0.5) is 10.5 Å². The average molecular weight is 608 g/mol. The van der Waals surface area contributed by atoms with Crippen molar-refractivity contribution in [2.45, 2.75) is 70.9 Å². The van der Waals surface area contributed by atoms with Gasteiger partial charge in [-0.25, -0.2) is 14.8 Å². The van der Waals surface area contributed by atoms with Gasteiger partial charge in [0.15, 0.2) is 0 Å². The molecule has 43 heavy (non-hydrogen) atoms. The van der Waals surface area contributed by atoms with Gasteiger partial charge in [0.1, 0.15) is 23.7 Å². The Morgan fingerprint density at radius 1 is 1.00 bits per heavy atom. The van der Waals surface area contributed by atoms with Crippen LogP contribution in [-0.4, -0.2) is 59.5 Å². The van der Waals surface area contributed by atoms with Crippen LogP contribution in [-0.2, 0) is 16.2 Å². The fourth-order valence-electron chi connectivity index (χ4n) is 5.45. The van der Waals surface area contributed by atoms with E-state index in [0.29, 0.717) is 17.8 Å². The molecular formula is C34H45N3O5S. The SMILES string of the molecule is CC(C)(C)OC(=O)NC1CCC(Nc2ccc3c(=O)n(COCCS(C)(C)C)cc(-c4cc5ccccc5o4)c3c2)CC1. The lowest BCUT2D eigenvalue weighted by Gasteiger charge is -2.31. The number of carbonyl (C=O) groups is 1. The lowest BCUT2D eigenvalue weighted by Crippen LogP contribution is -2.42. The molecule has 0 bridgehead atoms. The summed E-state index contributed by atoms with van der Waals surface area (Å²) in [5.41, 5.74) is 2.01. The summed E-state index contributed by atoms with van der Waals surface area (Å²) in [6.07, 6.45) is 11.9. The van der Waals surface area contributed by atoms with Gasteiger partial charge in [-0.1, -0.05) is 18.2 Å². The van der Waals surface area contributed by atoms with Crippen LogP contribution in [0.25, 0.3) is 33.1 Å². The Labute approximate surface area is 255 Å². The Bertz CT molecular complexity index is 1610. The summed E-state index contributed by atoms with van der Waals surface area (Å²) in [6.45, 7) is 6.41. The molecule has 1 aliphatic rings. The molecule has 0 atom stereocenters. The van der Waals surface area contributed by atoms with Crippen LogP contribution in [0.3, 0.4) is 0 Å². The molecule has 5 rings (SSSR count). The third-order valence-electron chi connectivity index (χ3n) is 7.67. The number of pyridine rings is 1. The monoisotopic (exact) mass is 607 g/mol. The number of nitrogens with zero attached hydrogens (tertiary/aromatic N) is 1. The number of hydrogen-bond donors (Lipinski definition) is 2. The molecule has 2 heterocycles. The maximum Gasteiger partial charge on any atom is 0.407 e. The van der Waals surface area contributed by atoms with E-state index >= 15 is 0 Å². The number of alkyl carbamates (subject to hydrolysis) is 1. The molecular weight excluding hydrogens is 562 g/mol. The van der Waals surface area contributed by atoms with E-state index in [2.05, 4.69) is 35.5 Å². The standard InChI is InChI=1S/C34H45N3O5S/c1-34(2,3)42-33(39)36-25-13-11-24(12-14-25)35-26-15-16-27-28(20-26)29(31-19-23-9-7-8-10-30(23)41-31)21-37(32(27)38)22-40-17-18-43(4,5)6/h7-10,15-16,19-21,24-25,35H,11-14,17-18,22H2,1-6H3,(H,36,39). The van der Waals surface area contributed by atoms with Crippen LogP contribution in [0.1, 0.15) is 46.5 Å². The van der Waals surface area contributed by atoms with Crippen molar-refractivity contribution in [3.63, 3.8) is 0 Å². The maximum atomic E-state index is 13.6. The highest BCUT2D eigenvalue weighted by Gasteiger charge is 2.25. The molecule has 4 aromatic rings. The van der Waals surface area contributed by atoms with Gasteiger partial charge in [0.05, 0.1) is 6.61 Å². The first-order chi connectivity index (χ1) is 20.3. The van der Waals surface area contributed by atoms with E-state index in [1.165, 1.54) is 0 Å². The molecule has 0 spiro atoms. The van der Waals surface area contributed by atoms with Gasteiger partial charge in [-0.05, 0) is 95.6 Å². The zero-order valence-corrected chi connectivity index (χ0v) is 27.0. The van der Waals surface area contributed by atoms with E-state index in [1.54, 1.807) is 4.57 Å². The highest BCUT2D eigenvalue weighted by atomic mass is 32.3. The summed E-state index contributed by atoms with van der Waals surface area (Å²) in [6, 6.07) is 16.3. The predicted molar refractivity (Wildman–Crippen MR) is 179 cm³/mol. The smallest absolute Gasteiger partial charge is 0.407 e. The number of para-hydroxylation sites is 1. The van der Waals surface area contributed by atoms with E-state index in [4.69, 9.17) is 13.9 Å². The van der Waals surface area contributed by atoms with E-state index in [9.17, 15) is 9.59 Å². The molecule has 0 aliphatic heterocycles. The minimum absolute atomic E-state index is 0.0850. The number of amides is 1. The molecule has 1 saturated carbocycles. The molecule has 0 radical (unpaired) electrons. The lowest BCUT2D eigenvalue weighted by molar-refractivity contribution is 0.0492. The lowest BCUT2D eigenvalue weighted by atomic mass is 9.91. The van der Waals surface area contributed by atoms with Gasteiger partial charge in [0.2, 0.25) is 0 Å². The van der Waals surface area contributed by atoms with Crippen LogP contribution < -0.4 is 16.2 Å². The van der Waals surface area contributed by atoms with Crippen molar-refractivity contribution in [3.05, 3.63) is 65.1 Å². The van der Waals surface area contributed by atoms with Crippen molar-refractivity contribution < 1.29 is 18.7 Å². The third kappa shape index (κ3) is 8.15. The molecule has 1 aliphatic carbocycles. The summed E-state index contributed by atoms with van der Waals surface area (Å²) >= 11 is 0. The van der Waals surface area contributed by atoms with Gasteiger partial charge < -0.3 is 24.5 Å². The first-order valence-corrected chi connectivity index (χ1v) is 18.0. The van der Waals surface area contributed by atoms with Gasteiger partial charge in [0.25, 0.3) is 5.56 Å². The van der Waals surface area contributed by atoms with Crippen LogP contribution in [0.2, 0.25) is 0 Å². The van der Waals surface area contributed by atoms with Crippen molar-refractivity contribution in [3.8, 4) is 11.3 Å². The molecule has 1 amide bonds. The first kappa shape index (κ1) is 31.0. The van der Waals surface area contributed by atoms with Gasteiger partial charge in [-0.2, -0.15) is 0 Å². The Hall–Kier alpha value is -3.43. The van der Waals surface area contributed by atoms with E-state index in [0.717, 1.165) is 59.0 Å². The van der Waals surface area contributed by atoms with Crippen LogP contribution in [0, 0.1) is 0 Å². The Morgan fingerprint density at radius 3 is 2.42 bits per heavy atom. The molecule has 0 unspecified atom stereocenters. The Kier molecular flexibility index (Phi) is 9.13. The number of aromatic nitrogens is 1. The second-order valence-electron chi connectivity index (χ2n) is 13.4. The number of fused-ring (bicyclic) bond motifs is 2. The van der Waals surface area contributed by atoms with Gasteiger partial charge in [-0.3, -0.25) is 9.36 Å². The number of anilines is 1. The van der Waals surface area contributed by atoms with Crippen molar-refractivity contribution in [2.75, 3.05) is 36.4 Å². The molecule has 0 saturated heterocycles. The number of rotatable bonds is 9. The van der Waals surface area contributed by atoms with Crippen LogP contribution in [0.15, 0.2) is 63.9 Å². The summed E-state index contributed by atoms with van der Waals surface area (Å²) in [4.78, 5) is 25.8. The van der Waals surface area contributed by atoms with E-state index in [1.807, 2.05) is 69.4 Å². The van der Waals surface area contributed by atoms with Gasteiger partial charge in [-0.15, -0.1) is 0 Å². The third-order valence-corrected chi connectivity index (χ3v) is 9.06. The van der Waals surface area contributed by atoms with Gasteiger partial charge in [0, 0.05) is 51.4 Å². The summed E-state index contributed by atoms with van der Waals surface area (Å²) in [5, 5.41) is 9.16. The predicted octanol–water partition coefficient (Wildman–Crippen LogP) is 7.33. The molecule has 2 aromatic heterocycles. The second-order valence-corrected chi connectivity index (χ2v) is 18.0. The fourth-order valence-corrected chi connectivity index (χ4v) is 6.07. The minimum Gasteiger partial charge on any atom is -0.456 e. The van der Waals surface area contributed by atoms with Crippen molar-refractivity contribution in [1.29, 1.82) is 0 Å². The summed E-state index contributed by atoms with van der Waals surface area (Å²) in [5.74, 6) is 1.70. The largest absolute Gasteiger partial charge is 0.456 e. The molecule has 8 nitrogen and oxygen atoms in total. The zero-order valence-electron chi connectivity index (χ0n) is 26.2. The number of hydrogen-bond acceptors (Lipinski definition) is 6. The summed E-state index contributed by atoms with van der Waals surface area (Å²) in [7, 11) is -0.680. The topological polar surface area (TPSA) is 94.7 Å². The van der Waals surface area contributed by atoms with E-state index < -0.39 is 15.6 Å². The number of benzene rings is 2. The van der Waals surface area contributed by atoms with E-state index in [-0.39, 0.29) is 30.5 Å². The molecule has 232 valence electrons. The van der Waals surface area contributed by atoms with Crippen LogP contribution >= 0.6 is 10.0 Å². The Balaban J connectivity index is 1.37. The number of carbonyl (C=O) groups excluding carboxylic acids is 1. The quantitative estimate of drug-likeness (QED) is 0.194. The van der Waals surface area contributed by atoms with Crippen LogP contribution in [0.5, 0.6) is 0 Å². The van der Waals surface area contributed by atoms with Crippen molar-refractivity contribution in [1.82, 2.24) is 9.88 Å². The van der Waals surface area contributed by atoms with Gasteiger partial charge >= 0.3 is 6.09 Å². The minimum atomic E-state index is -0.680. The van der Waals surface area contributed by atoms with Crippen molar-refractivity contribution in [2.24, 2.45) is 0 Å². The number of nitrogens with one attached hydrogen (secondary N) is 2.